The summed E-state index contributed by atoms with van der Waals surface area (Å²) in [5, 5.41) is 6.17. The third kappa shape index (κ3) is 4.17. The van der Waals surface area contributed by atoms with Gasteiger partial charge in [0.25, 0.3) is 5.91 Å². The number of hydrogen-bond acceptors (Lipinski definition) is 4. The molecular weight excluding hydrogens is 386 g/mol. The van der Waals surface area contributed by atoms with E-state index < -0.39 is 0 Å². The van der Waals surface area contributed by atoms with Crippen molar-refractivity contribution in [2.45, 2.75) is 13.0 Å². The van der Waals surface area contributed by atoms with E-state index in [0.29, 0.717) is 17.9 Å². The van der Waals surface area contributed by atoms with Gasteiger partial charge in [-0.3, -0.25) is 4.79 Å². The van der Waals surface area contributed by atoms with Gasteiger partial charge in [-0.1, -0.05) is 6.07 Å². The van der Waals surface area contributed by atoms with Crippen LogP contribution in [0.5, 0.6) is 5.75 Å². The van der Waals surface area contributed by atoms with Crippen molar-refractivity contribution in [2.24, 2.45) is 0 Å². The molecule has 1 aliphatic rings. The summed E-state index contributed by atoms with van der Waals surface area (Å²) in [5.41, 5.74) is 1.55. The number of hydrogen-bond donors (Lipinski definition) is 3. The standard InChI is InChI=1S/C22H27N3O3S/c1-15-17-13-16(27-3)6-7-19(17)28-21(15)22(26)23-14-18(20-5-4-12-29-20)25-10-8-24(2)9-11-25/h4-7,12-13,18H,8-11,14H2,1-3H3,(H,23,26)/p+2/t18-/m1/s1. The number of amides is 1. The lowest BCUT2D eigenvalue weighted by Crippen LogP contribution is -3.27. The highest BCUT2D eigenvalue weighted by Crippen LogP contribution is 2.28. The van der Waals surface area contributed by atoms with Gasteiger partial charge in [0.2, 0.25) is 0 Å². The maximum Gasteiger partial charge on any atom is 0.287 e. The van der Waals surface area contributed by atoms with Gasteiger partial charge >= 0.3 is 0 Å². The number of thiophene rings is 1. The van der Waals surface area contributed by atoms with Crippen LogP contribution >= 0.6 is 11.3 Å². The Morgan fingerprint density at radius 2 is 2.07 bits per heavy atom. The number of carbonyl (C=O) groups excluding carboxylic acids is 1. The molecule has 4 rings (SSSR count). The number of fused-ring (bicyclic) bond motifs is 1. The van der Waals surface area contributed by atoms with Crippen LogP contribution in [0.2, 0.25) is 0 Å². The van der Waals surface area contributed by atoms with E-state index in [4.69, 9.17) is 9.15 Å². The van der Waals surface area contributed by atoms with E-state index >= 15 is 0 Å². The Labute approximate surface area is 175 Å². The van der Waals surface area contributed by atoms with Crippen LogP contribution < -0.4 is 19.9 Å². The van der Waals surface area contributed by atoms with Crippen LogP contribution in [0.15, 0.2) is 40.1 Å². The van der Waals surface area contributed by atoms with Crippen molar-refractivity contribution in [1.82, 2.24) is 5.32 Å². The molecule has 1 saturated heterocycles. The van der Waals surface area contributed by atoms with Gasteiger partial charge in [0.1, 0.15) is 43.6 Å². The summed E-state index contributed by atoms with van der Waals surface area (Å²) in [5.74, 6) is 0.987. The maximum absolute atomic E-state index is 13.0. The largest absolute Gasteiger partial charge is 0.497 e. The van der Waals surface area contributed by atoms with Crippen molar-refractivity contribution < 1.29 is 23.7 Å². The quantitative estimate of drug-likeness (QED) is 0.555. The number of nitrogens with one attached hydrogen (secondary N) is 3. The van der Waals surface area contributed by atoms with Crippen LogP contribution in [-0.2, 0) is 0 Å². The SMILES string of the molecule is COc1ccc2oc(C(=O)NC[C@H](c3cccs3)[NH+]3CC[NH+](C)CC3)c(C)c2c1. The monoisotopic (exact) mass is 415 g/mol. The number of quaternary nitrogens is 2. The minimum atomic E-state index is -0.154. The van der Waals surface area contributed by atoms with Gasteiger partial charge < -0.3 is 24.3 Å². The van der Waals surface area contributed by atoms with Crippen molar-refractivity contribution in [3.63, 3.8) is 0 Å². The number of piperazine rings is 1. The summed E-state index contributed by atoms with van der Waals surface area (Å²) in [7, 11) is 3.88. The second-order valence-corrected chi connectivity index (χ2v) is 8.79. The van der Waals surface area contributed by atoms with Gasteiger partial charge in [0.15, 0.2) is 5.76 Å². The Kier molecular flexibility index (Phi) is 5.89. The molecule has 1 atom stereocenters. The molecule has 29 heavy (non-hydrogen) atoms. The molecular formula is C22H29N3O3S+2. The molecule has 3 N–H and O–H groups in total. The van der Waals surface area contributed by atoms with Crippen LogP contribution in [0.3, 0.4) is 0 Å². The van der Waals surface area contributed by atoms with Crippen molar-refractivity contribution in [1.29, 1.82) is 0 Å². The molecule has 3 aromatic rings. The number of rotatable bonds is 6. The zero-order valence-corrected chi connectivity index (χ0v) is 18.0. The Morgan fingerprint density at radius 3 is 2.76 bits per heavy atom. The fourth-order valence-electron chi connectivity index (χ4n) is 4.10. The first-order valence-corrected chi connectivity index (χ1v) is 11.0. The Morgan fingerprint density at radius 1 is 1.28 bits per heavy atom. The van der Waals surface area contributed by atoms with Gasteiger partial charge in [-0.25, -0.2) is 0 Å². The molecule has 0 radical (unpaired) electrons. The number of methoxy groups -OCH3 is 1. The van der Waals surface area contributed by atoms with Crippen LogP contribution in [0.25, 0.3) is 11.0 Å². The summed E-state index contributed by atoms with van der Waals surface area (Å²) in [6.45, 7) is 7.09. The molecule has 1 aliphatic heterocycles. The van der Waals surface area contributed by atoms with Crippen LogP contribution in [0, 0.1) is 6.92 Å². The fraction of sp³-hybridized carbons (Fsp3) is 0.409. The van der Waals surface area contributed by atoms with Crippen LogP contribution in [0.1, 0.15) is 27.0 Å². The average molecular weight is 416 g/mol. The van der Waals surface area contributed by atoms with E-state index in [0.717, 1.165) is 42.9 Å². The molecule has 0 unspecified atom stereocenters. The molecule has 2 aromatic heterocycles. The number of furan rings is 1. The highest BCUT2D eigenvalue weighted by Gasteiger charge is 2.31. The van der Waals surface area contributed by atoms with Crippen LogP contribution in [-0.4, -0.2) is 52.8 Å². The Bertz CT molecular complexity index is 975. The predicted octanol–water partition coefficient (Wildman–Crippen LogP) is 0.696. The summed E-state index contributed by atoms with van der Waals surface area (Å²) in [4.78, 5) is 17.4. The van der Waals surface area contributed by atoms with Crippen molar-refractivity contribution >= 4 is 28.2 Å². The smallest absolute Gasteiger partial charge is 0.287 e. The van der Waals surface area contributed by atoms with Crippen molar-refractivity contribution in [3.8, 4) is 5.75 Å². The lowest BCUT2D eigenvalue weighted by molar-refractivity contribution is -1.02. The molecule has 0 spiro atoms. The molecule has 0 saturated carbocycles. The minimum Gasteiger partial charge on any atom is -0.497 e. The van der Waals surface area contributed by atoms with Crippen LogP contribution in [0.4, 0.5) is 0 Å². The van der Waals surface area contributed by atoms with E-state index in [1.54, 1.807) is 28.2 Å². The van der Waals surface area contributed by atoms with Gasteiger partial charge in [-0.2, -0.15) is 0 Å². The molecule has 1 amide bonds. The Balaban J connectivity index is 1.51. The molecule has 3 heterocycles. The second kappa shape index (κ2) is 8.57. The van der Waals surface area contributed by atoms with E-state index in [1.807, 2.05) is 25.1 Å². The molecule has 7 heteroatoms. The third-order valence-corrected chi connectivity index (χ3v) is 6.93. The Hall–Kier alpha value is -2.35. The molecule has 6 nitrogen and oxygen atoms in total. The summed E-state index contributed by atoms with van der Waals surface area (Å²) in [6.07, 6.45) is 0. The number of carbonyl (C=O) groups is 1. The van der Waals surface area contributed by atoms with Gasteiger partial charge in [0.05, 0.1) is 25.6 Å². The molecule has 0 bridgehead atoms. The zero-order valence-electron chi connectivity index (χ0n) is 17.2. The third-order valence-electron chi connectivity index (χ3n) is 5.94. The molecule has 1 fully saturated rings. The van der Waals surface area contributed by atoms with E-state index in [2.05, 4.69) is 29.9 Å². The first-order valence-electron chi connectivity index (χ1n) is 10.1. The summed E-state index contributed by atoms with van der Waals surface area (Å²) in [6, 6.07) is 10.2. The molecule has 154 valence electrons. The van der Waals surface area contributed by atoms with Gasteiger partial charge in [0, 0.05) is 10.9 Å². The minimum absolute atomic E-state index is 0.154. The predicted molar refractivity (Wildman–Crippen MR) is 114 cm³/mol. The number of likely N-dealkylation sites (N-methyl/N-ethyl adjacent to an activating group) is 1. The highest BCUT2D eigenvalue weighted by atomic mass is 32.1. The zero-order chi connectivity index (χ0) is 20.4. The topological polar surface area (TPSA) is 60.3 Å². The van der Waals surface area contributed by atoms with Gasteiger partial charge in [-0.05, 0) is 36.6 Å². The lowest BCUT2D eigenvalue weighted by Gasteiger charge is -2.33. The second-order valence-electron chi connectivity index (χ2n) is 7.81. The highest BCUT2D eigenvalue weighted by molar-refractivity contribution is 7.10. The maximum atomic E-state index is 13.0. The van der Waals surface area contributed by atoms with E-state index in [1.165, 1.54) is 4.88 Å². The summed E-state index contributed by atoms with van der Waals surface area (Å²) < 4.78 is 11.2. The molecule has 0 aliphatic carbocycles. The lowest BCUT2D eigenvalue weighted by atomic mass is 10.1. The number of ether oxygens (including phenoxy) is 1. The number of benzene rings is 1. The summed E-state index contributed by atoms with van der Waals surface area (Å²) >= 11 is 1.77. The first kappa shape index (κ1) is 19.9. The fourth-order valence-corrected chi connectivity index (χ4v) is 4.99. The van der Waals surface area contributed by atoms with E-state index in [9.17, 15) is 4.79 Å². The van der Waals surface area contributed by atoms with E-state index in [-0.39, 0.29) is 11.9 Å². The normalized spacial score (nSPS) is 20.5. The number of aryl methyl sites for hydroxylation is 1. The average Bonchev–Trinajstić information content (AvgIpc) is 3.37. The van der Waals surface area contributed by atoms with Crippen molar-refractivity contribution in [2.75, 3.05) is 46.9 Å². The van der Waals surface area contributed by atoms with Gasteiger partial charge in [-0.15, -0.1) is 11.3 Å². The first-order chi connectivity index (χ1) is 14.1. The molecule has 1 aromatic carbocycles. The van der Waals surface area contributed by atoms with Crippen molar-refractivity contribution in [3.05, 3.63) is 51.9 Å².